The summed E-state index contributed by atoms with van der Waals surface area (Å²) in [6.45, 7) is 0. The first-order valence-corrected chi connectivity index (χ1v) is 3.47. The largest absolute Gasteiger partial charge is 0.370 e. The lowest BCUT2D eigenvalue weighted by molar-refractivity contribution is -0.138. The van der Waals surface area contributed by atoms with E-state index in [-0.39, 0.29) is 0 Å². The van der Waals surface area contributed by atoms with Crippen molar-refractivity contribution in [3.8, 4) is 0 Å². The molecule has 0 spiro atoms. The number of carbonyl (C=O) groups excluding carboxylic acids is 1. The van der Waals surface area contributed by atoms with Crippen LogP contribution >= 0.6 is 0 Å². The van der Waals surface area contributed by atoms with E-state index in [1.807, 2.05) is 30.3 Å². The summed E-state index contributed by atoms with van der Waals surface area (Å²) in [7, 11) is 0. The van der Waals surface area contributed by atoms with Crippen molar-refractivity contribution in [3.05, 3.63) is 42.0 Å². The summed E-state index contributed by atoms with van der Waals surface area (Å²) in [5.41, 5.74) is 0.933. The normalized spacial score (nSPS) is 10.1. The van der Waals surface area contributed by atoms with Gasteiger partial charge < -0.3 is 4.84 Å². The van der Waals surface area contributed by atoms with Crippen molar-refractivity contribution in [2.24, 2.45) is 5.90 Å². The maximum absolute atomic E-state index is 10.6. The first-order valence-electron chi connectivity index (χ1n) is 3.47. The molecule has 0 atom stereocenters. The van der Waals surface area contributed by atoms with E-state index in [9.17, 15) is 4.79 Å². The molecule has 0 radical (unpaired) electrons. The molecule has 12 heavy (non-hydrogen) atoms. The van der Waals surface area contributed by atoms with Gasteiger partial charge in [-0.15, -0.1) is 0 Å². The van der Waals surface area contributed by atoms with Gasteiger partial charge in [0.2, 0.25) is 0 Å². The molecule has 1 aromatic rings. The SMILES string of the molecule is NOC(=O)C=Cc1ccccc1. The van der Waals surface area contributed by atoms with Gasteiger partial charge in [-0.05, 0) is 11.6 Å². The Morgan fingerprint density at radius 2 is 2.00 bits per heavy atom. The summed E-state index contributed by atoms with van der Waals surface area (Å²) in [6.07, 6.45) is 2.91. The maximum Gasteiger partial charge on any atom is 0.349 e. The zero-order valence-corrected chi connectivity index (χ0v) is 6.44. The van der Waals surface area contributed by atoms with Crippen molar-refractivity contribution in [2.75, 3.05) is 0 Å². The zero-order chi connectivity index (χ0) is 8.81. The molecule has 0 bridgehead atoms. The Kier molecular flexibility index (Phi) is 3.04. The molecule has 62 valence electrons. The fraction of sp³-hybridized carbons (Fsp3) is 0. The molecule has 1 aromatic carbocycles. The summed E-state index contributed by atoms with van der Waals surface area (Å²) >= 11 is 0. The molecule has 3 nitrogen and oxygen atoms in total. The molecule has 0 fully saturated rings. The van der Waals surface area contributed by atoms with Gasteiger partial charge in [0.25, 0.3) is 0 Å². The van der Waals surface area contributed by atoms with Crippen LogP contribution in [0.25, 0.3) is 6.08 Å². The van der Waals surface area contributed by atoms with Crippen molar-refractivity contribution in [2.45, 2.75) is 0 Å². The summed E-state index contributed by atoms with van der Waals surface area (Å²) in [6, 6.07) is 9.42. The van der Waals surface area contributed by atoms with Crippen molar-refractivity contribution < 1.29 is 9.63 Å². The molecule has 0 saturated heterocycles. The molecule has 0 aromatic heterocycles. The Labute approximate surface area is 70.4 Å². The highest BCUT2D eigenvalue weighted by atomic mass is 16.7. The third-order valence-electron chi connectivity index (χ3n) is 1.33. The minimum Gasteiger partial charge on any atom is -0.370 e. The van der Waals surface area contributed by atoms with Crippen LogP contribution in [0.3, 0.4) is 0 Å². The molecule has 0 saturated carbocycles. The monoisotopic (exact) mass is 163 g/mol. The van der Waals surface area contributed by atoms with Crippen LogP contribution in [0.1, 0.15) is 5.56 Å². The van der Waals surface area contributed by atoms with Gasteiger partial charge in [-0.1, -0.05) is 30.3 Å². The number of hydrogen-bond acceptors (Lipinski definition) is 3. The van der Waals surface area contributed by atoms with Gasteiger partial charge in [0, 0.05) is 6.08 Å². The van der Waals surface area contributed by atoms with Crippen LogP contribution in [0, 0.1) is 0 Å². The lowest BCUT2D eigenvalue weighted by atomic mass is 10.2. The maximum atomic E-state index is 10.6. The first kappa shape index (κ1) is 8.49. The first-order chi connectivity index (χ1) is 5.83. The van der Waals surface area contributed by atoms with Gasteiger partial charge in [0.05, 0.1) is 0 Å². The van der Waals surface area contributed by atoms with E-state index in [2.05, 4.69) is 10.7 Å². The number of nitrogens with two attached hydrogens (primary N) is 1. The van der Waals surface area contributed by atoms with Gasteiger partial charge in [-0.2, -0.15) is 5.90 Å². The molecule has 0 aliphatic heterocycles. The molecule has 3 heteroatoms. The molecule has 2 N–H and O–H groups in total. The molecule has 0 unspecified atom stereocenters. The van der Waals surface area contributed by atoms with Crippen LogP contribution in [-0.4, -0.2) is 5.97 Å². The van der Waals surface area contributed by atoms with Crippen molar-refractivity contribution >= 4 is 12.0 Å². The minimum absolute atomic E-state index is 0.557. The highest BCUT2D eigenvalue weighted by molar-refractivity contribution is 5.86. The van der Waals surface area contributed by atoms with Gasteiger partial charge in [-0.3, -0.25) is 0 Å². The van der Waals surface area contributed by atoms with E-state index in [1.54, 1.807) is 6.08 Å². The third-order valence-corrected chi connectivity index (χ3v) is 1.33. The van der Waals surface area contributed by atoms with E-state index in [1.165, 1.54) is 6.08 Å². The highest BCUT2D eigenvalue weighted by Gasteiger charge is 1.90. The topological polar surface area (TPSA) is 52.3 Å². The van der Waals surface area contributed by atoms with E-state index in [0.717, 1.165) is 5.56 Å². The fourth-order valence-corrected chi connectivity index (χ4v) is 0.768. The lowest BCUT2D eigenvalue weighted by Gasteiger charge is -1.90. The summed E-state index contributed by atoms with van der Waals surface area (Å²) in [4.78, 5) is 14.5. The summed E-state index contributed by atoms with van der Waals surface area (Å²) in [5, 5.41) is 0. The van der Waals surface area contributed by atoms with Crippen molar-refractivity contribution in [1.82, 2.24) is 0 Å². The fourth-order valence-electron chi connectivity index (χ4n) is 0.768. The van der Waals surface area contributed by atoms with Crippen molar-refractivity contribution in [1.29, 1.82) is 0 Å². The summed E-state index contributed by atoms with van der Waals surface area (Å²) < 4.78 is 0. The number of hydrogen-bond donors (Lipinski definition) is 1. The molecular formula is C9H9NO2. The average Bonchev–Trinajstić information content (AvgIpc) is 2.16. The van der Waals surface area contributed by atoms with Gasteiger partial charge in [0.1, 0.15) is 0 Å². The minimum atomic E-state index is -0.557. The average molecular weight is 163 g/mol. The Hall–Kier alpha value is -1.61. The lowest BCUT2D eigenvalue weighted by Crippen LogP contribution is -2.05. The number of carbonyl (C=O) groups is 1. The van der Waals surface area contributed by atoms with Gasteiger partial charge in [-0.25, -0.2) is 4.79 Å². The molecular weight excluding hydrogens is 154 g/mol. The predicted octanol–water partition coefficient (Wildman–Crippen LogP) is 1.12. The van der Waals surface area contributed by atoms with Crippen LogP contribution < -0.4 is 5.90 Å². The molecule has 1 rings (SSSR count). The highest BCUT2D eigenvalue weighted by Crippen LogP contribution is 2.00. The molecule has 0 aliphatic carbocycles. The van der Waals surface area contributed by atoms with E-state index < -0.39 is 5.97 Å². The molecule has 0 heterocycles. The smallest absolute Gasteiger partial charge is 0.349 e. The standard InChI is InChI=1S/C9H9NO2/c10-12-9(11)7-6-8-4-2-1-3-5-8/h1-7H,10H2. The molecule has 0 amide bonds. The van der Waals surface area contributed by atoms with Crippen LogP contribution in [-0.2, 0) is 9.63 Å². The second-order valence-electron chi connectivity index (χ2n) is 2.18. The Morgan fingerprint density at radius 3 is 2.58 bits per heavy atom. The van der Waals surface area contributed by atoms with Crippen LogP contribution in [0.2, 0.25) is 0 Å². The Bertz CT molecular complexity index is 280. The second-order valence-corrected chi connectivity index (χ2v) is 2.18. The Balaban J connectivity index is 2.64. The third kappa shape index (κ3) is 2.56. The second kappa shape index (κ2) is 4.31. The number of rotatable bonds is 2. The summed E-state index contributed by atoms with van der Waals surface area (Å²) in [5.74, 6) is 4.08. The van der Waals surface area contributed by atoms with E-state index in [4.69, 9.17) is 0 Å². The van der Waals surface area contributed by atoms with Gasteiger partial charge >= 0.3 is 5.97 Å². The van der Waals surface area contributed by atoms with E-state index in [0.29, 0.717) is 0 Å². The van der Waals surface area contributed by atoms with Crippen LogP contribution in [0.4, 0.5) is 0 Å². The van der Waals surface area contributed by atoms with Gasteiger partial charge in [0.15, 0.2) is 0 Å². The number of benzene rings is 1. The zero-order valence-electron chi connectivity index (χ0n) is 6.44. The van der Waals surface area contributed by atoms with Crippen molar-refractivity contribution in [3.63, 3.8) is 0 Å². The Morgan fingerprint density at radius 1 is 1.33 bits per heavy atom. The quantitative estimate of drug-likeness (QED) is 0.525. The van der Waals surface area contributed by atoms with Crippen LogP contribution in [0.15, 0.2) is 36.4 Å². The van der Waals surface area contributed by atoms with E-state index >= 15 is 0 Å². The predicted molar refractivity (Wildman–Crippen MR) is 45.8 cm³/mol. The van der Waals surface area contributed by atoms with Crippen LogP contribution in [0.5, 0.6) is 0 Å². The molecule has 0 aliphatic rings.